The number of nitrogens with zero attached hydrogens (tertiary/aromatic N) is 1. The summed E-state index contributed by atoms with van der Waals surface area (Å²) < 4.78 is 0. The second kappa shape index (κ2) is 7.75. The Morgan fingerprint density at radius 3 is 2.40 bits per heavy atom. The molecule has 0 aromatic heterocycles. The van der Waals surface area contributed by atoms with E-state index in [1.165, 1.54) is 0 Å². The fourth-order valence-electron chi connectivity index (χ4n) is 4.07. The first-order valence-electron chi connectivity index (χ1n) is 8.86. The Morgan fingerprint density at radius 2 is 1.84 bits per heavy atom. The van der Waals surface area contributed by atoms with E-state index in [4.69, 9.17) is 5.73 Å². The molecule has 1 saturated heterocycles. The molecule has 138 valence electrons. The molecule has 3 rings (SSSR count). The van der Waals surface area contributed by atoms with Gasteiger partial charge >= 0.3 is 0 Å². The summed E-state index contributed by atoms with van der Waals surface area (Å²) in [5.41, 5.74) is 8.73. The first-order valence-corrected chi connectivity index (χ1v) is 8.86. The molecule has 5 nitrogen and oxygen atoms in total. The van der Waals surface area contributed by atoms with Gasteiger partial charge in [0.15, 0.2) is 0 Å². The standard InChI is InChI=1S/C19H27N3O2.ClH/c1-13-9-14(2)11-15(10-13)22-8-5-16(18(22)24)17(23)21-19(12-20)6-3-4-7-19;/h9-11,16H,3-8,12,20H2,1-2H3,(H,21,23);1H. The molecule has 0 bridgehead atoms. The molecule has 2 fully saturated rings. The van der Waals surface area contributed by atoms with Gasteiger partial charge in [-0.3, -0.25) is 9.59 Å². The average Bonchev–Trinajstić information content (AvgIpc) is 3.13. The smallest absolute Gasteiger partial charge is 0.239 e. The molecule has 1 aromatic rings. The summed E-state index contributed by atoms with van der Waals surface area (Å²) in [6.07, 6.45) is 4.57. The molecular weight excluding hydrogens is 338 g/mol. The third kappa shape index (κ3) is 3.98. The van der Waals surface area contributed by atoms with Gasteiger partial charge < -0.3 is 16.0 Å². The second-order valence-corrected chi connectivity index (χ2v) is 7.36. The highest BCUT2D eigenvalue weighted by molar-refractivity contribution is 6.09. The van der Waals surface area contributed by atoms with Crippen molar-refractivity contribution in [1.82, 2.24) is 5.32 Å². The van der Waals surface area contributed by atoms with Crippen LogP contribution in [0, 0.1) is 19.8 Å². The summed E-state index contributed by atoms with van der Waals surface area (Å²) in [6.45, 7) is 5.08. The van der Waals surface area contributed by atoms with E-state index in [2.05, 4.69) is 11.4 Å². The lowest BCUT2D eigenvalue weighted by atomic mass is 9.96. The minimum absolute atomic E-state index is 0. The maximum atomic E-state index is 12.8. The number of amides is 2. The van der Waals surface area contributed by atoms with Gasteiger partial charge in [-0.25, -0.2) is 0 Å². The maximum Gasteiger partial charge on any atom is 0.239 e. The maximum absolute atomic E-state index is 12.8. The van der Waals surface area contributed by atoms with Crippen LogP contribution >= 0.6 is 12.4 Å². The Balaban J connectivity index is 0.00000225. The molecule has 1 saturated carbocycles. The number of rotatable bonds is 4. The van der Waals surface area contributed by atoms with Crippen LogP contribution in [0.1, 0.15) is 43.2 Å². The number of carbonyl (C=O) groups is 2. The third-order valence-electron chi connectivity index (χ3n) is 5.38. The van der Waals surface area contributed by atoms with Gasteiger partial charge in [-0.2, -0.15) is 0 Å². The molecule has 1 unspecified atom stereocenters. The number of halogens is 1. The van der Waals surface area contributed by atoms with E-state index in [9.17, 15) is 9.59 Å². The summed E-state index contributed by atoms with van der Waals surface area (Å²) >= 11 is 0. The van der Waals surface area contributed by atoms with Crippen molar-refractivity contribution in [2.24, 2.45) is 11.7 Å². The van der Waals surface area contributed by atoms with Gasteiger partial charge in [0.1, 0.15) is 5.92 Å². The van der Waals surface area contributed by atoms with Crippen LogP contribution in [0.5, 0.6) is 0 Å². The minimum atomic E-state index is -0.588. The molecule has 1 aliphatic heterocycles. The van der Waals surface area contributed by atoms with Gasteiger partial charge in [-0.1, -0.05) is 18.9 Å². The van der Waals surface area contributed by atoms with Crippen molar-refractivity contribution in [3.8, 4) is 0 Å². The van der Waals surface area contributed by atoms with Crippen molar-refractivity contribution in [3.63, 3.8) is 0 Å². The predicted molar refractivity (Wildman–Crippen MR) is 102 cm³/mol. The zero-order chi connectivity index (χ0) is 17.3. The Labute approximate surface area is 155 Å². The average molecular weight is 366 g/mol. The van der Waals surface area contributed by atoms with Gasteiger partial charge in [0.25, 0.3) is 0 Å². The van der Waals surface area contributed by atoms with Crippen LogP contribution in [0.2, 0.25) is 0 Å². The molecule has 1 heterocycles. The lowest BCUT2D eigenvalue weighted by Gasteiger charge is -2.29. The first-order chi connectivity index (χ1) is 11.4. The molecule has 1 aromatic carbocycles. The van der Waals surface area contributed by atoms with E-state index >= 15 is 0 Å². The lowest BCUT2D eigenvalue weighted by molar-refractivity contribution is -0.133. The van der Waals surface area contributed by atoms with E-state index in [0.717, 1.165) is 42.5 Å². The summed E-state index contributed by atoms with van der Waals surface area (Å²) in [5, 5.41) is 3.10. The Bertz CT molecular complexity index is 636. The van der Waals surface area contributed by atoms with Gasteiger partial charge in [-0.05, 0) is 56.4 Å². The highest BCUT2D eigenvalue weighted by atomic mass is 35.5. The van der Waals surface area contributed by atoms with E-state index in [-0.39, 0.29) is 29.8 Å². The van der Waals surface area contributed by atoms with E-state index in [1.54, 1.807) is 4.90 Å². The molecule has 3 N–H and O–H groups in total. The molecule has 1 atom stereocenters. The zero-order valence-corrected chi connectivity index (χ0v) is 15.8. The van der Waals surface area contributed by atoms with Crippen LogP contribution in [-0.4, -0.2) is 30.4 Å². The highest BCUT2D eigenvalue weighted by Crippen LogP contribution is 2.31. The van der Waals surface area contributed by atoms with Gasteiger partial charge in [0.2, 0.25) is 11.8 Å². The van der Waals surface area contributed by atoms with Crippen LogP contribution in [0.15, 0.2) is 18.2 Å². The molecule has 2 aliphatic rings. The summed E-state index contributed by atoms with van der Waals surface area (Å²) in [7, 11) is 0. The third-order valence-corrected chi connectivity index (χ3v) is 5.38. The van der Waals surface area contributed by atoms with Crippen molar-refractivity contribution in [2.75, 3.05) is 18.0 Å². The second-order valence-electron chi connectivity index (χ2n) is 7.36. The lowest BCUT2D eigenvalue weighted by Crippen LogP contribution is -2.54. The van der Waals surface area contributed by atoms with Crippen molar-refractivity contribution < 1.29 is 9.59 Å². The summed E-state index contributed by atoms with van der Waals surface area (Å²) in [4.78, 5) is 27.2. The van der Waals surface area contributed by atoms with Crippen LogP contribution < -0.4 is 16.0 Å². The minimum Gasteiger partial charge on any atom is -0.349 e. The number of nitrogens with two attached hydrogens (primary N) is 1. The number of aryl methyl sites for hydroxylation is 2. The molecule has 2 amide bonds. The van der Waals surface area contributed by atoms with Gasteiger partial charge in [0.05, 0.1) is 5.54 Å². The topological polar surface area (TPSA) is 75.4 Å². The Hall–Kier alpha value is -1.59. The molecule has 0 spiro atoms. The predicted octanol–water partition coefficient (Wildman–Crippen LogP) is 2.47. The monoisotopic (exact) mass is 365 g/mol. The molecule has 0 radical (unpaired) electrons. The van der Waals surface area contributed by atoms with E-state index in [0.29, 0.717) is 19.5 Å². The van der Waals surface area contributed by atoms with Crippen molar-refractivity contribution in [3.05, 3.63) is 29.3 Å². The van der Waals surface area contributed by atoms with Gasteiger partial charge in [-0.15, -0.1) is 12.4 Å². The molecule has 6 heteroatoms. The summed E-state index contributed by atoms with van der Waals surface area (Å²) in [5.74, 6) is -0.836. The number of hydrogen-bond acceptors (Lipinski definition) is 3. The summed E-state index contributed by atoms with van der Waals surface area (Å²) in [6, 6.07) is 6.09. The fourth-order valence-corrected chi connectivity index (χ4v) is 4.07. The molecule has 25 heavy (non-hydrogen) atoms. The van der Waals surface area contributed by atoms with Crippen LogP contribution in [-0.2, 0) is 9.59 Å². The van der Waals surface area contributed by atoms with Crippen LogP contribution in [0.3, 0.4) is 0 Å². The zero-order valence-electron chi connectivity index (χ0n) is 15.0. The quantitative estimate of drug-likeness (QED) is 0.805. The highest BCUT2D eigenvalue weighted by Gasteiger charge is 2.41. The van der Waals surface area contributed by atoms with E-state index in [1.807, 2.05) is 26.0 Å². The van der Waals surface area contributed by atoms with Crippen molar-refractivity contribution in [2.45, 2.75) is 51.5 Å². The van der Waals surface area contributed by atoms with Crippen LogP contribution in [0.25, 0.3) is 0 Å². The fraction of sp³-hybridized carbons (Fsp3) is 0.579. The van der Waals surface area contributed by atoms with Crippen molar-refractivity contribution >= 4 is 29.9 Å². The Kier molecular flexibility index (Phi) is 6.12. The SMILES string of the molecule is Cc1cc(C)cc(N2CCC(C(=O)NC3(CN)CCCC3)C2=O)c1.Cl. The normalized spacial score (nSPS) is 22.0. The molecule has 1 aliphatic carbocycles. The first kappa shape index (κ1) is 19.7. The largest absolute Gasteiger partial charge is 0.349 e. The number of anilines is 1. The van der Waals surface area contributed by atoms with Gasteiger partial charge in [0, 0.05) is 18.8 Å². The number of hydrogen-bond donors (Lipinski definition) is 2. The van der Waals surface area contributed by atoms with Crippen LogP contribution in [0.4, 0.5) is 5.69 Å². The number of carbonyl (C=O) groups excluding carboxylic acids is 2. The van der Waals surface area contributed by atoms with E-state index < -0.39 is 5.92 Å². The molecular formula is C19H28ClN3O2. The Morgan fingerprint density at radius 1 is 1.24 bits per heavy atom. The number of benzene rings is 1. The van der Waals surface area contributed by atoms with Crippen molar-refractivity contribution in [1.29, 1.82) is 0 Å². The number of nitrogens with one attached hydrogen (secondary N) is 1.